The Morgan fingerprint density at radius 1 is 1.07 bits per heavy atom. The Kier molecular flexibility index (Phi) is 6.29. The minimum atomic E-state index is -0.194. The summed E-state index contributed by atoms with van der Waals surface area (Å²) >= 11 is 0. The molecule has 3 rings (SSSR count). The number of aliphatic imine (C=N–C) groups is 1. The van der Waals surface area contributed by atoms with Crippen LogP contribution in [0.1, 0.15) is 29.5 Å². The van der Waals surface area contributed by atoms with Gasteiger partial charge in [-0.15, -0.1) is 0 Å². The number of guanidine groups is 1. The van der Waals surface area contributed by atoms with Gasteiger partial charge in [0, 0.05) is 37.7 Å². The molecule has 0 aliphatic heterocycles. The molecule has 0 amide bonds. The first kappa shape index (κ1) is 20.3. The molecular formula is C22H28F2N4. The second-order valence-electron chi connectivity index (χ2n) is 7.70. The topological polar surface area (TPSA) is 39.7 Å². The van der Waals surface area contributed by atoms with Gasteiger partial charge in [0.15, 0.2) is 5.96 Å². The van der Waals surface area contributed by atoms with E-state index in [1.54, 1.807) is 19.2 Å². The van der Waals surface area contributed by atoms with Crippen LogP contribution in [0.4, 0.5) is 8.78 Å². The molecule has 4 nitrogen and oxygen atoms in total. The van der Waals surface area contributed by atoms with Crippen LogP contribution in [-0.4, -0.2) is 38.5 Å². The lowest BCUT2D eigenvalue weighted by atomic mass is 9.95. The largest absolute Gasteiger partial charge is 0.356 e. The fraction of sp³-hybridized carbons (Fsp3) is 0.409. The molecule has 1 fully saturated rings. The van der Waals surface area contributed by atoms with E-state index < -0.39 is 0 Å². The van der Waals surface area contributed by atoms with Crippen molar-refractivity contribution in [1.29, 1.82) is 0 Å². The molecule has 0 bridgehead atoms. The van der Waals surface area contributed by atoms with E-state index >= 15 is 0 Å². The summed E-state index contributed by atoms with van der Waals surface area (Å²) in [4.78, 5) is 6.20. The minimum Gasteiger partial charge on any atom is -0.356 e. The molecule has 1 aliphatic rings. The number of halogens is 2. The third-order valence-corrected chi connectivity index (χ3v) is 5.17. The molecule has 0 aromatic heterocycles. The van der Waals surface area contributed by atoms with Gasteiger partial charge in [-0.05, 0) is 56.3 Å². The van der Waals surface area contributed by atoms with Gasteiger partial charge in [-0.25, -0.2) is 8.78 Å². The van der Waals surface area contributed by atoms with Crippen LogP contribution in [0.5, 0.6) is 0 Å². The number of rotatable bonds is 7. The first-order valence-electron chi connectivity index (χ1n) is 9.55. The van der Waals surface area contributed by atoms with Crippen molar-refractivity contribution in [3.8, 4) is 0 Å². The SMILES string of the molecule is CN=C(NCc1ccc(F)c(CN(C)C)c1)NCC1(c2ccccc2F)CC1. The van der Waals surface area contributed by atoms with Crippen molar-refractivity contribution >= 4 is 5.96 Å². The molecule has 150 valence electrons. The molecule has 0 unspecified atom stereocenters. The van der Waals surface area contributed by atoms with Crippen LogP contribution in [0.15, 0.2) is 47.5 Å². The standard InChI is InChI=1S/C22H28F2N4/c1-25-21(26-13-16-8-9-19(23)17(12-16)14-28(2)3)27-15-22(10-11-22)18-6-4-5-7-20(18)24/h4-9,12H,10-11,13-15H2,1-3H3,(H2,25,26,27). The maximum atomic E-state index is 14.2. The second kappa shape index (κ2) is 8.69. The highest BCUT2D eigenvalue weighted by Crippen LogP contribution is 2.48. The highest BCUT2D eigenvalue weighted by atomic mass is 19.1. The molecule has 2 aromatic carbocycles. The number of nitrogens with zero attached hydrogens (tertiary/aromatic N) is 2. The summed E-state index contributed by atoms with van der Waals surface area (Å²) in [6, 6.07) is 12.1. The van der Waals surface area contributed by atoms with Gasteiger partial charge in [-0.3, -0.25) is 4.99 Å². The van der Waals surface area contributed by atoms with E-state index in [0.717, 1.165) is 24.0 Å². The fourth-order valence-electron chi connectivity index (χ4n) is 3.44. The van der Waals surface area contributed by atoms with Gasteiger partial charge in [0.05, 0.1) is 0 Å². The van der Waals surface area contributed by atoms with Crippen LogP contribution in [0.3, 0.4) is 0 Å². The van der Waals surface area contributed by atoms with Crippen molar-refractivity contribution in [3.63, 3.8) is 0 Å². The molecule has 1 aliphatic carbocycles. The number of nitrogens with one attached hydrogen (secondary N) is 2. The van der Waals surface area contributed by atoms with E-state index in [4.69, 9.17) is 0 Å². The van der Waals surface area contributed by atoms with Crippen molar-refractivity contribution in [3.05, 3.63) is 70.8 Å². The monoisotopic (exact) mass is 386 g/mol. The zero-order valence-corrected chi connectivity index (χ0v) is 16.7. The summed E-state index contributed by atoms with van der Waals surface area (Å²) in [5, 5.41) is 6.58. The van der Waals surface area contributed by atoms with E-state index in [2.05, 4.69) is 15.6 Å². The summed E-state index contributed by atoms with van der Waals surface area (Å²) in [7, 11) is 5.54. The molecule has 1 saturated carbocycles. The Morgan fingerprint density at radius 2 is 1.82 bits per heavy atom. The van der Waals surface area contributed by atoms with Crippen molar-refractivity contribution < 1.29 is 8.78 Å². The van der Waals surface area contributed by atoms with Crippen molar-refractivity contribution in [2.45, 2.75) is 31.3 Å². The zero-order chi connectivity index (χ0) is 20.1. The average Bonchev–Trinajstić information content (AvgIpc) is 3.45. The van der Waals surface area contributed by atoms with Crippen molar-refractivity contribution in [1.82, 2.24) is 15.5 Å². The van der Waals surface area contributed by atoms with Gasteiger partial charge < -0.3 is 15.5 Å². The summed E-state index contributed by atoms with van der Waals surface area (Å²) in [6.45, 7) is 1.72. The van der Waals surface area contributed by atoms with Gasteiger partial charge in [0.25, 0.3) is 0 Å². The van der Waals surface area contributed by atoms with Crippen LogP contribution in [-0.2, 0) is 18.5 Å². The number of benzene rings is 2. The number of hydrogen-bond donors (Lipinski definition) is 2. The summed E-state index contributed by atoms with van der Waals surface area (Å²) in [6.07, 6.45) is 1.92. The summed E-state index contributed by atoms with van der Waals surface area (Å²) in [5.74, 6) is 0.311. The quantitative estimate of drug-likeness (QED) is 0.566. The van der Waals surface area contributed by atoms with Crippen molar-refractivity contribution in [2.75, 3.05) is 27.7 Å². The Morgan fingerprint density at radius 3 is 2.46 bits per heavy atom. The van der Waals surface area contributed by atoms with Crippen LogP contribution in [0, 0.1) is 11.6 Å². The zero-order valence-electron chi connectivity index (χ0n) is 16.7. The lowest BCUT2D eigenvalue weighted by molar-refractivity contribution is 0.392. The number of hydrogen-bond acceptors (Lipinski definition) is 2. The molecule has 0 atom stereocenters. The molecule has 0 saturated heterocycles. The Labute approximate surface area is 165 Å². The summed E-state index contributed by atoms with van der Waals surface area (Å²) < 4.78 is 28.1. The van der Waals surface area contributed by atoms with Crippen LogP contribution < -0.4 is 10.6 Å². The molecule has 0 radical (unpaired) electrons. The van der Waals surface area contributed by atoms with Gasteiger partial charge in [-0.2, -0.15) is 0 Å². The first-order valence-corrected chi connectivity index (χ1v) is 9.55. The highest BCUT2D eigenvalue weighted by Gasteiger charge is 2.45. The maximum absolute atomic E-state index is 14.2. The Hall–Kier alpha value is -2.47. The minimum absolute atomic E-state index is 0.149. The van der Waals surface area contributed by atoms with Crippen molar-refractivity contribution in [2.24, 2.45) is 4.99 Å². The van der Waals surface area contributed by atoms with Gasteiger partial charge in [0.2, 0.25) is 0 Å². The van der Waals surface area contributed by atoms with Crippen LogP contribution in [0.25, 0.3) is 0 Å². The van der Waals surface area contributed by atoms with Crippen LogP contribution in [0.2, 0.25) is 0 Å². The van der Waals surface area contributed by atoms with Gasteiger partial charge in [0.1, 0.15) is 11.6 Å². The molecule has 0 spiro atoms. The molecule has 6 heteroatoms. The Bertz CT molecular complexity index is 844. The van der Waals surface area contributed by atoms with E-state index in [1.807, 2.05) is 37.2 Å². The average molecular weight is 386 g/mol. The van der Waals surface area contributed by atoms with E-state index in [-0.39, 0.29) is 17.0 Å². The van der Waals surface area contributed by atoms with Gasteiger partial charge >= 0.3 is 0 Å². The lowest BCUT2D eigenvalue weighted by Gasteiger charge is -2.20. The van der Waals surface area contributed by atoms with E-state index in [1.165, 1.54) is 12.1 Å². The molecular weight excluding hydrogens is 358 g/mol. The highest BCUT2D eigenvalue weighted by molar-refractivity contribution is 5.79. The molecule has 2 N–H and O–H groups in total. The summed E-state index contributed by atoms with van der Waals surface area (Å²) in [5.41, 5.74) is 2.27. The third-order valence-electron chi connectivity index (χ3n) is 5.17. The van der Waals surface area contributed by atoms with E-state index in [0.29, 0.717) is 31.2 Å². The predicted octanol–water partition coefficient (Wildman–Crippen LogP) is 3.42. The fourth-order valence-corrected chi connectivity index (χ4v) is 3.44. The smallest absolute Gasteiger partial charge is 0.191 e. The van der Waals surface area contributed by atoms with Gasteiger partial charge in [-0.1, -0.05) is 24.3 Å². The maximum Gasteiger partial charge on any atom is 0.191 e. The van der Waals surface area contributed by atoms with E-state index in [9.17, 15) is 8.78 Å². The molecule has 0 heterocycles. The second-order valence-corrected chi connectivity index (χ2v) is 7.70. The molecule has 28 heavy (non-hydrogen) atoms. The normalized spacial score (nSPS) is 15.6. The molecule has 2 aromatic rings. The first-order chi connectivity index (χ1) is 13.4. The Balaban J connectivity index is 1.58. The predicted molar refractivity (Wildman–Crippen MR) is 109 cm³/mol. The van der Waals surface area contributed by atoms with Crippen LogP contribution >= 0.6 is 0 Å². The lowest BCUT2D eigenvalue weighted by Crippen LogP contribution is -2.41. The third kappa shape index (κ3) is 4.87.